The van der Waals surface area contributed by atoms with E-state index in [0.29, 0.717) is 0 Å². The largest absolute Gasteiger partial charge is 0.379 e. The lowest BCUT2D eigenvalue weighted by Gasteiger charge is -2.21. The van der Waals surface area contributed by atoms with Gasteiger partial charge in [0.2, 0.25) is 0 Å². The third kappa shape index (κ3) is 18.7. The molecule has 3 aliphatic heterocycles. The third-order valence-electron chi connectivity index (χ3n) is 5.01. The van der Waals surface area contributed by atoms with Crippen molar-refractivity contribution in [1.29, 1.82) is 0 Å². The molecule has 0 unspecified atom stereocenters. The Morgan fingerprint density at radius 2 is 0.966 bits per heavy atom. The molecule has 3 fully saturated rings. The first-order valence-corrected chi connectivity index (χ1v) is 11.6. The average molecular weight is 410 g/mol. The Morgan fingerprint density at radius 3 is 1.17 bits per heavy atom. The van der Waals surface area contributed by atoms with Crippen LogP contribution in [0.15, 0.2) is 30.6 Å². The van der Waals surface area contributed by atoms with Crippen LogP contribution in [0.4, 0.5) is 0 Å². The lowest BCUT2D eigenvalue weighted by atomic mass is 10.1. The molecular formula is C24H49N4O+. The van der Waals surface area contributed by atoms with E-state index in [4.69, 9.17) is 4.74 Å². The smallest absolute Gasteiger partial charge is 0.168 e. The normalized spacial score (nSPS) is 19.8. The monoisotopic (exact) mass is 409 g/mol. The van der Waals surface area contributed by atoms with E-state index >= 15 is 0 Å². The lowest BCUT2D eigenvalue weighted by molar-refractivity contribution is -0.671. The molecule has 0 spiro atoms. The van der Waals surface area contributed by atoms with Gasteiger partial charge in [-0.05, 0) is 73.0 Å². The van der Waals surface area contributed by atoms with E-state index in [0.717, 1.165) is 26.3 Å². The SMILES string of the molecule is CC.CN1CCCC1.CN1CCCCC1.CN1CCOCC1.C[n+]1ccccc1. The number of likely N-dealkylation sites (N-methyl/N-ethyl adjacent to an activating group) is 1. The molecule has 4 heterocycles. The average Bonchev–Trinajstić information content (AvgIpc) is 3.24. The van der Waals surface area contributed by atoms with Crippen LogP contribution in [-0.4, -0.2) is 88.3 Å². The minimum absolute atomic E-state index is 0.913. The molecule has 0 radical (unpaired) electrons. The van der Waals surface area contributed by atoms with E-state index < -0.39 is 0 Å². The molecule has 0 saturated carbocycles. The summed E-state index contributed by atoms with van der Waals surface area (Å²) in [5, 5.41) is 0. The maximum absolute atomic E-state index is 5.10. The number of aromatic nitrogens is 1. The van der Waals surface area contributed by atoms with Gasteiger partial charge in [-0.15, -0.1) is 0 Å². The van der Waals surface area contributed by atoms with Gasteiger partial charge in [-0.3, -0.25) is 0 Å². The van der Waals surface area contributed by atoms with Gasteiger partial charge in [0.25, 0.3) is 0 Å². The summed E-state index contributed by atoms with van der Waals surface area (Å²) >= 11 is 0. The van der Waals surface area contributed by atoms with Crippen molar-refractivity contribution in [2.24, 2.45) is 7.05 Å². The Labute approximate surface area is 181 Å². The molecule has 0 amide bonds. The summed E-state index contributed by atoms with van der Waals surface area (Å²) in [6, 6.07) is 6.00. The van der Waals surface area contributed by atoms with E-state index in [1.165, 1.54) is 58.3 Å². The highest BCUT2D eigenvalue weighted by molar-refractivity contribution is 4.83. The number of aryl methyl sites for hydroxylation is 1. The summed E-state index contributed by atoms with van der Waals surface area (Å²) < 4.78 is 7.10. The topological polar surface area (TPSA) is 22.8 Å². The van der Waals surface area contributed by atoms with Crippen molar-refractivity contribution in [2.45, 2.75) is 46.0 Å². The number of morpholine rings is 1. The maximum atomic E-state index is 5.10. The van der Waals surface area contributed by atoms with Gasteiger partial charge < -0.3 is 19.4 Å². The number of likely N-dealkylation sites (tertiary alicyclic amines) is 2. The Hall–Kier alpha value is -1.01. The fourth-order valence-electron chi connectivity index (χ4n) is 3.07. The highest BCUT2D eigenvalue weighted by Crippen LogP contribution is 2.04. The number of nitrogens with zero attached hydrogens (tertiary/aromatic N) is 4. The second-order valence-corrected chi connectivity index (χ2v) is 7.83. The van der Waals surface area contributed by atoms with Gasteiger partial charge in [0.1, 0.15) is 7.05 Å². The molecule has 1 aromatic rings. The van der Waals surface area contributed by atoms with Gasteiger partial charge in [0, 0.05) is 25.2 Å². The summed E-state index contributed by atoms with van der Waals surface area (Å²) in [6.45, 7) is 13.3. The fraction of sp³-hybridized carbons (Fsp3) is 0.792. The molecular weight excluding hydrogens is 360 g/mol. The molecule has 0 aliphatic carbocycles. The highest BCUT2D eigenvalue weighted by atomic mass is 16.5. The van der Waals surface area contributed by atoms with Crippen LogP contribution < -0.4 is 4.57 Å². The number of pyridine rings is 1. The quantitative estimate of drug-likeness (QED) is 0.613. The zero-order valence-electron chi connectivity index (χ0n) is 20.3. The first kappa shape index (κ1) is 28.0. The van der Waals surface area contributed by atoms with E-state index in [2.05, 4.69) is 35.8 Å². The van der Waals surface area contributed by atoms with Crippen LogP contribution in [0.2, 0.25) is 0 Å². The summed E-state index contributed by atoms with van der Waals surface area (Å²) in [7, 11) is 8.48. The summed E-state index contributed by atoms with van der Waals surface area (Å²) in [6.07, 6.45) is 11.1. The summed E-state index contributed by atoms with van der Waals surface area (Å²) in [5.74, 6) is 0. The predicted octanol–water partition coefficient (Wildman–Crippen LogP) is 3.30. The van der Waals surface area contributed by atoms with Crippen LogP contribution >= 0.6 is 0 Å². The third-order valence-corrected chi connectivity index (χ3v) is 5.01. The molecule has 5 heteroatoms. The molecule has 0 bridgehead atoms. The molecule has 3 saturated heterocycles. The Bertz CT molecular complexity index is 410. The zero-order valence-corrected chi connectivity index (χ0v) is 20.3. The van der Waals surface area contributed by atoms with Crippen LogP contribution in [-0.2, 0) is 11.8 Å². The van der Waals surface area contributed by atoms with Crippen molar-refractivity contribution >= 4 is 0 Å². The highest BCUT2D eigenvalue weighted by Gasteiger charge is 2.04. The minimum Gasteiger partial charge on any atom is -0.379 e. The second kappa shape index (κ2) is 20.3. The number of rotatable bonds is 0. The van der Waals surface area contributed by atoms with Crippen molar-refractivity contribution in [3.63, 3.8) is 0 Å². The van der Waals surface area contributed by atoms with E-state index in [1.54, 1.807) is 0 Å². The van der Waals surface area contributed by atoms with Crippen LogP contribution in [0, 0.1) is 0 Å². The second-order valence-electron chi connectivity index (χ2n) is 7.83. The predicted molar refractivity (Wildman–Crippen MR) is 125 cm³/mol. The van der Waals surface area contributed by atoms with Crippen molar-refractivity contribution in [2.75, 3.05) is 73.6 Å². The Kier molecular flexibility index (Phi) is 19.6. The van der Waals surface area contributed by atoms with Crippen LogP contribution in [0.5, 0.6) is 0 Å². The molecule has 0 N–H and O–H groups in total. The number of piperidine rings is 1. The fourth-order valence-corrected chi connectivity index (χ4v) is 3.07. The molecule has 0 atom stereocenters. The first-order chi connectivity index (χ1) is 14.1. The van der Waals surface area contributed by atoms with Crippen LogP contribution in [0.1, 0.15) is 46.0 Å². The van der Waals surface area contributed by atoms with E-state index in [9.17, 15) is 0 Å². The molecule has 170 valence electrons. The molecule has 3 aliphatic rings. The number of hydrogen-bond donors (Lipinski definition) is 0. The molecule has 4 rings (SSSR count). The maximum Gasteiger partial charge on any atom is 0.168 e. The number of hydrogen-bond acceptors (Lipinski definition) is 4. The minimum atomic E-state index is 0.913. The molecule has 0 aromatic carbocycles. The Morgan fingerprint density at radius 1 is 0.586 bits per heavy atom. The standard InChI is InChI=1S/C6H13N.C6H8N.C5H11NO.C5H11N.C2H6/c2*1-7-5-3-2-4-6-7;1-6-2-4-7-5-3-6;1-6-4-2-3-5-6;1-2/h2-6H2,1H3;2-6H,1H3;2-5H2,1H3;2-5H2,1H3;1-2H3/q;+1;;;. The molecule has 29 heavy (non-hydrogen) atoms. The van der Waals surface area contributed by atoms with Gasteiger partial charge >= 0.3 is 0 Å². The Balaban J connectivity index is 0.000000351. The van der Waals surface area contributed by atoms with Crippen molar-refractivity contribution < 1.29 is 9.30 Å². The first-order valence-electron chi connectivity index (χ1n) is 11.6. The lowest BCUT2D eigenvalue weighted by Crippen LogP contribution is -2.32. The van der Waals surface area contributed by atoms with Crippen molar-refractivity contribution in [1.82, 2.24) is 14.7 Å². The van der Waals surface area contributed by atoms with Gasteiger partial charge in [-0.2, -0.15) is 0 Å². The van der Waals surface area contributed by atoms with Gasteiger partial charge in [0.15, 0.2) is 12.4 Å². The van der Waals surface area contributed by atoms with Crippen molar-refractivity contribution in [3.8, 4) is 0 Å². The zero-order chi connectivity index (χ0) is 21.7. The summed E-state index contributed by atoms with van der Waals surface area (Å²) in [5.41, 5.74) is 0. The van der Waals surface area contributed by atoms with Crippen LogP contribution in [0.3, 0.4) is 0 Å². The van der Waals surface area contributed by atoms with E-state index in [1.807, 2.05) is 56.1 Å². The molecule has 1 aromatic heterocycles. The molecule has 5 nitrogen and oxygen atoms in total. The number of ether oxygens (including phenoxy) is 1. The van der Waals surface area contributed by atoms with Gasteiger partial charge in [-0.1, -0.05) is 26.3 Å². The van der Waals surface area contributed by atoms with Gasteiger partial charge in [0.05, 0.1) is 13.2 Å². The summed E-state index contributed by atoms with van der Waals surface area (Å²) in [4.78, 5) is 7.02. The van der Waals surface area contributed by atoms with E-state index in [-0.39, 0.29) is 0 Å². The van der Waals surface area contributed by atoms with Crippen molar-refractivity contribution in [3.05, 3.63) is 30.6 Å². The van der Waals surface area contributed by atoms with Crippen LogP contribution in [0.25, 0.3) is 0 Å². The van der Waals surface area contributed by atoms with Gasteiger partial charge in [-0.25, -0.2) is 4.57 Å².